The van der Waals surface area contributed by atoms with Gasteiger partial charge in [-0.1, -0.05) is 30.3 Å². The molecule has 2 amide bonds. The number of benzene rings is 2. The predicted molar refractivity (Wildman–Crippen MR) is 104 cm³/mol. The molecule has 1 fully saturated rings. The highest BCUT2D eigenvalue weighted by molar-refractivity contribution is 5.97. The Morgan fingerprint density at radius 3 is 2.76 bits per heavy atom. The van der Waals surface area contributed by atoms with E-state index in [0.29, 0.717) is 12.0 Å². The third kappa shape index (κ3) is 2.65. The summed E-state index contributed by atoms with van der Waals surface area (Å²) in [6, 6.07) is 13.3. The first-order valence-corrected chi connectivity index (χ1v) is 9.44. The van der Waals surface area contributed by atoms with Gasteiger partial charge in [0, 0.05) is 42.2 Å². The number of piperazine rings is 1. The first-order valence-electron chi connectivity index (χ1n) is 9.44. The summed E-state index contributed by atoms with van der Waals surface area (Å²) in [5.41, 5.74) is 3.60. The topological polar surface area (TPSA) is 104 Å². The van der Waals surface area contributed by atoms with Crippen molar-refractivity contribution in [2.24, 2.45) is 0 Å². The van der Waals surface area contributed by atoms with E-state index in [9.17, 15) is 20.0 Å². The van der Waals surface area contributed by atoms with Crippen molar-refractivity contribution in [3.8, 4) is 0 Å². The molecule has 0 saturated carbocycles. The predicted octanol–water partition coefficient (Wildman–Crippen LogP) is 0.886. The number of para-hydroxylation sites is 1. The zero-order chi connectivity index (χ0) is 20.3. The van der Waals surface area contributed by atoms with Crippen LogP contribution in [0.2, 0.25) is 0 Å². The van der Waals surface area contributed by atoms with Crippen LogP contribution >= 0.6 is 0 Å². The first kappa shape index (κ1) is 17.9. The molecule has 2 aliphatic heterocycles. The third-order valence-corrected chi connectivity index (χ3v) is 5.90. The first-order chi connectivity index (χ1) is 14.0. The van der Waals surface area contributed by atoms with Gasteiger partial charge in [-0.3, -0.25) is 9.59 Å². The van der Waals surface area contributed by atoms with Crippen LogP contribution in [-0.4, -0.2) is 51.4 Å². The lowest BCUT2D eigenvalue weighted by molar-refractivity contribution is -0.991. The molecule has 3 aromatic rings. The monoisotopic (exact) mass is 392 g/mol. The van der Waals surface area contributed by atoms with E-state index in [1.165, 1.54) is 11.0 Å². The molecule has 0 bridgehead atoms. The molecule has 3 N–H and O–H groups in total. The SMILES string of the molecule is CN1CC(=O)N2C(c3cccc([NH+]([O-])O)c3)c3[nH]c4ccccc4c3C[C@H]2C1=O. The summed E-state index contributed by atoms with van der Waals surface area (Å²) in [6.45, 7) is 0.0139. The van der Waals surface area contributed by atoms with Crippen molar-refractivity contribution in [1.29, 1.82) is 0 Å². The van der Waals surface area contributed by atoms with Crippen molar-refractivity contribution in [2.75, 3.05) is 13.6 Å². The number of likely N-dealkylation sites (N-methyl/N-ethyl adjacent to an activating group) is 1. The van der Waals surface area contributed by atoms with E-state index in [2.05, 4.69) is 4.98 Å². The van der Waals surface area contributed by atoms with E-state index >= 15 is 0 Å². The van der Waals surface area contributed by atoms with Gasteiger partial charge in [0.25, 0.3) is 0 Å². The minimum atomic E-state index is -1.03. The van der Waals surface area contributed by atoms with Gasteiger partial charge in [0.2, 0.25) is 11.8 Å². The zero-order valence-electron chi connectivity index (χ0n) is 15.8. The van der Waals surface area contributed by atoms with Gasteiger partial charge in [0.15, 0.2) is 5.69 Å². The number of hydrogen-bond donors (Lipinski definition) is 3. The van der Waals surface area contributed by atoms with Crippen molar-refractivity contribution < 1.29 is 20.0 Å². The van der Waals surface area contributed by atoms with Crippen LogP contribution in [0, 0.1) is 5.21 Å². The molecule has 1 aromatic heterocycles. The zero-order valence-corrected chi connectivity index (χ0v) is 15.8. The quantitative estimate of drug-likeness (QED) is 0.564. The molecule has 3 heterocycles. The molecule has 2 aliphatic rings. The lowest BCUT2D eigenvalue weighted by Crippen LogP contribution is -2.99. The van der Waals surface area contributed by atoms with Crippen LogP contribution in [-0.2, 0) is 16.0 Å². The number of aromatic amines is 1. The highest BCUT2D eigenvalue weighted by Gasteiger charge is 2.47. The molecule has 2 unspecified atom stereocenters. The highest BCUT2D eigenvalue weighted by Crippen LogP contribution is 2.42. The number of hydrogen-bond acceptors (Lipinski definition) is 4. The molecule has 8 heteroatoms. The number of amides is 2. The molecule has 5 rings (SSSR count). The van der Waals surface area contributed by atoms with Crippen LogP contribution < -0.4 is 5.23 Å². The van der Waals surface area contributed by atoms with Crippen LogP contribution in [0.4, 0.5) is 5.69 Å². The number of nitrogens with one attached hydrogen (secondary N) is 2. The smallest absolute Gasteiger partial charge is 0.245 e. The van der Waals surface area contributed by atoms with Gasteiger partial charge >= 0.3 is 0 Å². The van der Waals surface area contributed by atoms with Crippen LogP contribution in [0.3, 0.4) is 0 Å². The maximum atomic E-state index is 13.0. The summed E-state index contributed by atoms with van der Waals surface area (Å²) in [5.74, 6) is -0.243. The Balaban J connectivity index is 1.75. The highest BCUT2D eigenvalue weighted by atomic mass is 16.8. The van der Waals surface area contributed by atoms with E-state index in [0.717, 1.165) is 22.2 Å². The van der Waals surface area contributed by atoms with Crippen LogP contribution in [0.25, 0.3) is 10.9 Å². The Bertz CT molecular complexity index is 1140. The molecule has 3 atom stereocenters. The van der Waals surface area contributed by atoms with Gasteiger partial charge < -0.3 is 20.0 Å². The van der Waals surface area contributed by atoms with Gasteiger partial charge in [-0.15, -0.1) is 0 Å². The van der Waals surface area contributed by atoms with E-state index in [1.54, 1.807) is 24.1 Å². The lowest BCUT2D eigenvalue weighted by atomic mass is 9.86. The molecule has 2 aromatic carbocycles. The van der Waals surface area contributed by atoms with E-state index in [4.69, 9.17) is 0 Å². The summed E-state index contributed by atoms with van der Waals surface area (Å²) in [7, 11) is 1.64. The summed E-state index contributed by atoms with van der Waals surface area (Å²) in [5, 5.41) is 20.9. The average molecular weight is 392 g/mol. The fourth-order valence-electron chi connectivity index (χ4n) is 4.59. The molecule has 148 valence electrons. The number of rotatable bonds is 2. The summed E-state index contributed by atoms with van der Waals surface area (Å²) >= 11 is 0. The maximum absolute atomic E-state index is 13.0. The minimum Gasteiger partial charge on any atom is -0.595 e. The second-order valence-corrected chi connectivity index (χ2v) is 7.61. The Kier molecular flexibility index (Phi) is 3.95. The van der Waals surface area contributed by atoms with Crippen LogP contribution in [0.15, 0.2) is 48.5 Å². The van der Waals surface area contributed by atoms with Crippen molar-refractivity contribution in [1.82, 2.24) is 14.8 Å². The van der Waals surface area contributed by atoms with Gasteiger partial charge in [-0.25, -0.2) is 5.21 Å². The number of nitrogens with zero attached hydrogens (tertiary/aromatic N) is 2. The van der Waals surface area contributed by atoms with Crippen LogP contribution in [0.5, 0.6) is 0 Å². The number of fused-ring (bicyclic) bond motifs is 4. The summed E-state index contributed by atoms with van der Waals surface area (Å²) in [4.78, 5) is 32.5. The normalized spacial score (nSPS) is 22.6. The number of quaternary nitrogens is 1. The van der Waals surface area contributed by atoms with Gasteiger partial charge in [0.1, 0.15) is 6.04 Å². The molecular formula is C21H20N4O4. The average Bonchev–Trinajstić information content (AvgIpc) is 3.09. The van der Waals surface area contributed by atoms with Crippen molar-refractivity contribution in [3.63, 3.8) is 0 Å². The molecule has 8 nitrogen and oxygen atoms in total. The van der Waals surface area contributed by atoms with Crippen LogP contribution in [0.1, 0.15) is 22.9 Å². The number of carbonyl (C=O) groups excluding carboxylic acids is 2. The Labute approximate surface area is 166 Å². The second-order valence-electron chi connectivity index (χ2n) is 7.61. The van der Waals surface area contributed by atoms with Crippen molar-refractivity contribution >= 4 is 28.4 Å². The Hall–Kier alpha value is -3.20. The number of aromatic nitrogens is 1. The molecular weight excluding hydrogens is 372 g/mol. The molecule has 1 saturated heterocycles. The van der Waals surface area contributed by atoms with Gasteiger partial charge in [0.05, 0.1) is 12.6 Å². The summed E-state index contributed by atoms with van der Waals surface area (Å²) < 4.78 is 0. The lowest BCUT2D eigenvalue weighted by Gasteiger charge is -2.46. The summed E-state index contributed by atoms with van der Waals surface area (Å²) in [6.07, 6.45) is 0.434. The molecule has 0 aliphatic carbocycles. The second kappa shape index (κ2) is 6.41. The Morgan fingerprint density at radius 2 is 1.97 bits per heavy atom. The fourth-order valence-corrected chi connectivity index (χ4v) is 4.59. The molecule has 0 spiro atoms. The van der Waals surface area contributed by atoms with Gasteiger partial charge in [-0.05, 0) is 17.2 Å². The Morgan fingerprint density at radius 1 is 1.17 bits per heavy atom. The van der Waals surface area contributed by atoms with Crippen molar-refractivity contribution in [2.45, 2.75) is 18.5 Å². The van der Waals surface area contributed by atoms with Crippen molar-refractivity contribution in [3.05, 3.63) is 70.6 Å². The molecule has 0 radical (unpaired) electrons. The maximum Gasteiger partial charge on any atom is 0.245 e. The third-order valence-electron chi connectivity index (χ3n) is 5.90. The minimum absolute atomic E-state index is 0.0139. The van der Waals surface area contributed by atoms with E-state index < -0.39 is 17.3 Å². The standard InChI is InChI=1S/C21H20N4O4/c1-23-11-18(26)24-17(21(23)27)10-15-14-7-2-3-8-16(14)22-19(15)20(24)12-5-4-6-13(9-12)25(28)29/h2-9,17,20,22,25,28H,10-11H2,1H3/t17-,20?/m0/s1. The van der Waals surface area contributed by atoms with E-state index in [1.807, 2.05) is 30.3 Å². The largest absolute Gasteiger partial charge is 0.595 e. The number of carbonyl (C=O) groups is 2. The van der Waals surface area contributed by atoms with Gasteiger partial charge in [-0.2, -0.15) is 5.23 Å². The molecule has 29 heavy (non-hydrogen) atoms. The van der Waals surface area contributed by atoms with E-state index in [-0.39, 0.29) is 24.0 Å². The fraction of sp³-hybridized carbons (Fsp3) is 0.238. The number of H-pyrrole nitrogens is 1.